The molecule has 0 spiro atoms. The van der Waals surface area contributed by atoms with Crippen molar-refractivity contribution >= 4 is 17.7 Å². The fourth-order valence-electron chi connectivity index (χ4n) is 2.45. The van der Waals surface area contributed by atoms with Gasteiger partial charge in [-0.1, -0.05) is 30.0 Å². The number of aromatic nitrogens is 3. The highest BCUT2D eigenvalue weighted by Crippen LogP contribution is 2.22. The van der Waals surface area contributed by atoms with E-state index in [4.69, 9.17) is 4.74 Å². The fraction of sp³-hybridized carbons (Fsp3) is 0.211. The van der Waals surface area contributed by atoms with Crippen molar-refractivity contribution in [2.75, 3.05) is 19.9 Å². The number of benzene rings is 2. The van der Waals surface area contributed by atoms with E-state index in [0.29, 0.717) is 10.7 Å². The fourth-order valence-corrected chi connectivity index (χ4v) is 3.32. The zero-order chi connectivity index (χ0) is 19.2. The molecule has 1 heterocycles. The van der Waals surface area contributed by atoms with E-state index < -0.39 is 0 Å². The van der Waals surface area contributed by atoms with Gasteiger partial charge in [0.15, 0.2) is 5.16 Å². The van der Waals surface area contributed by atoms with Crippen molar-refractivity contribution in [2.45, 2.75) is 11.7 Å². The Balaban J connectivity index is 1.62. The summed E-state index contributed by atoms with van der Waals surface area (Å²) < 4.78 is 20.7. The van der Waals surface area contributed by atoms with Crippen LogP contribution in [0.1, 0.15) is 5.56 Å². The molecule has 0 radical (unpaired) electrons. The summed E-state index contributed by atoms with van der Waals surface area (Å²) in [6.45, 7) is 0.219. The number of methoxy groups -OCH3 is 1. The summed E-state index contributed by atoms with van der Waals surface area (Å²) in [6, 6.07) is 13.9. The zero-order valence-corrected chi connectivity index (χ0v) is 15.8. The van der Waals surface area contributed by atoms with E-state index in [1.54, 1.807) is 43.3 Å². The van der Waals surface area contributed by atoms with Crippen molar-refractivity contribution in [2.24, 2.45) is 0 Å². The Morgan fingerprint density at radius 2 is 1.96 bits per heavy atom. The number of amides is 1. The molecule has 1 aromatic heterocycles. The molecule has 8 heteroatoms. The van der Waals surface area contributed by atoms with Gasteiger partial charge in [0.1, 0.15) is 17.9 Å². The molecule has 0 aliphatic carbocycles. The molecule has 3 rings (SSSR count). The molecule has 3 aromatic rings. The largest absolute Gasteiger partial charge is 0.497 e. The number of hydrogen-bond donors (Lipinski definition) is 0. The van der Waals surface area contributed by atoms with Gasteiger partial charge >= 0.3 is 0 Å². The monoisotopic (exact) mass is 386 g/mol. The van der Waals surface area contributed by atoms with Crippen LogP contribution in [0.5, 0.6) is 5.75 Å². The van der Waals surface area contributed by atoms with E-state index in [2.05, 4.69) is 10.2 Å². The van der Waals surface area contributed by atoms with Crippen LogP contribution >= 0.6 is 11.8 Å². The Hall–Kier alpha value is -2.87. The third-order valence-electron chi connectivity index (χ3n) is 3.98. The van der Waals surface area contributed by atoms with Crippen LogP contribution in [0.3, 0.4) is 0 Å². The van der Waals surface area contributed by atoms with Crippen LogP contribution in [0.4, 0.5) is 4.39 Å². The predicted molar refractivity (Wildman–Crippen MR) is 102 cm³/mol. The van der Waals surface area contributed by atoms with Gasteiger partial charge in [0.2, 0.25) is 5.91 Å². The Morgan fingerprint density at radius 1 is 1.22 bits per heavy atom. The van der Waals surface area contributed by atoms with Crippen molar-refractivity contribution in [3.05, 3.63) is 66.2 Å². The van der Waals surface area contributed by atoms with Gasteiger partial charge in [-0.05, 0) is 30.3 Å². The minimum Gasteiger partial charge on any atom is -0.497 e. The number of ether oxygens (including phenoxy) is 1. The summed E-state index contributed by atoms with van der Waals surface area (Å²) >= 11 is 1.28. The SMILES string of the molecule is COc1ccc(-n2cnnc2SCC(=O)N(C)Cc2ccccc2F)cc1. The van der Waals surface area contributed by atoms with Crippen molar-refractivity contribution in [1.82, 2.24) is 19.7 Å². The lowest BCUT2D eigenvalue weighted by Crippen LogP contribution is -2.28. The molecule has 0 bridgehead atoms. The Bertz CT molecular complexity index is 914. The van der Waals surface area contributed by atoms with Gasteiger partial charge in [0.05, 0.1) is 12.9 Å². The minimum atomic E-state index is -0.316. The lowest BCUT2D eigenvalue weighted by Gasteiger charge is -2.17. The lowest BCUT2D eigenvalue weighted by atomic mass is 10.2. The van der Waals surface area contributed by atoms with Crippen molar-refractivity contribution in [1.29, 1.82) is 0 Å². The molecule has 1 amide bonds. The number of halogens is 1. The quantitative estimate of drug-likeness (QED) is 0.584. The summed E-state index contributed by atoms with van der Waals surface area (Å²) in [4.78, 5) is 13.9. The zero-order valence-electron chi connectivity index (χ0n) is 15.0. The molecule has 6 nitrogen and oxygen atoms in total. The van der Waals surface area contributed by atoms with E-state index in [1.807, 2.05) is 24.3 Å². The number of nitrogens with zero attached hydrogens (tertiary/aromatic N) is 4. The van der Waals surface area contributed by atoms with Crippen LogP contribution in [0.25, 0.3) is 5.69 Å². The summed E-state index contributed by atoms with van der Waals surface area (Å²) in [5, 5.41) is 8.61. The Labute approximate surface area is 161 Å². The maximum atomic E-state index is 13.7. The summed E-state index contributed by atoms with van der Waals surface area (Å²) in [5.41, 5.74) is 1.36. The first-order valence-electron chi connectivity index (χ1n) is 8.23. The standard InChI is InChI=1S/C19H19FN4O2S/c1-23(11-14-5-3-4-6-17(14)20)18(25)12-27-19-22-21-13-24(19)15-7-9-16(26-2)10-8-15/h3-10,13H,11-12H2,1-2H3. The molecule has 0 aliphatic rings. The molecule has 2 aromatic carbocycles. The maximum absolute atomic E-state index is 13.7. The van der Waals surface area contributed by atoms with Gasteiger partial charge < -0.3 is 9.64 Å². The lowest BCUT2D eigenvalue weighted by molar-refractivity contribution is -0.127. The van der Waals surface area contributed by atoms with Crippen LogP contribution in [0.2, 0.25) is 0 Å². The number of rotatable bonds is 7. The molecule has 0 aliphatic heterocycles. The molecule has 0 fully saturated rings. The van der Waals surface area contributed by atoms with Gasteiger partial charge in [0.25, 0.3) is 0 Å². The van der Waals surface area contributed by atoms with Crippen LogP contribution in [-0.4, -0.2) is 45.5 Å². The van der Waals surface area contributed by atoms with E-state index >= 15 is 0 Å². The van der Waals surface area contributed by atoms with Gasteiger partial charge in [-0.15, -0.1) is 10.2 Å². The average molecular weight is 386 g/mol. The minimum absolute atomic E-state index is 0.118. The summed E-state index contributed by atoms with van der Waals surface area (Å²) in [7, 11) is 3.27. The van der Waals surface area contributed by atoms with Crippen molar-refractivity contribution in [3.63, 3.8) is 0 Å². The number of carbonyl (C=O) groups is 1. The first-order valence-corrected chi connectivity index (χ1v) is 9.21. The highest BCUT2D eigenvalue weighted by atomic mass is 32.2. The molecule has 0 saturated heterocycles. The second kappa shape index (κ2) is 8.68. The molecule has 0 unspecified atom stereocenters. The van der Waals surface area contributed by atoms with Gasteiger partial charge in [0, 0.05) is 24.8 Å². The molecule has 0 atom stereocenters. The maximum Gasteiger partial charge on any atom is 0.233 e. The van der Waals surface area contributed by atoms with E-state index in [0.717, 1.165) is 11.4 Å². The Kier molecular flexibility index (Phi) is 6.08. The van der Waals surface area contributed by atoms with E-state index in [9.17, 15) is 9.18 Å². The smallest absolute Gasteiger partial charge is 0.233 e. The number of thioether (sulfide) groups is 1. The highest BCUT2D eigenvalue weighted by molar-refractivity contribution is 7.99. The van der Waals surface area contributed by atoms with Crippen LogP contribution in [-0.2, 0) is 11.3 Å². The van der Waals surface area contributed by atoms with Gasteiger partial charge in [-0.3, -0.25) is 9.36 Å². The highest BCUT2D eigenvalue weighted by Gasteiger charge is 2.15. The summed E-state index contributed by atoms with van der Waals surface area (Å²) in [6.07, 6.45) is 1.59. The van der Waals surface area contributed by atoms with Crippen LogP contribution in [0, 0.1) is 5.82 Å². The molecule has 27 heavy (non-hydrogen) atoms. The predicted octanol–water partition coefficient (Wildman–Crippen LogP) is 3.17. The van der Waals surface area contributed by atoms with Gasteiger partial charge in [-0.25, -0.2) is 4.39 Å². The molecule has 0 saturated carbocycles. The molecule has 140 valence electrons. The third kappa shape index (κ3) is 4.65. The average Bonchev–Trinajstić information content (AvgIpc) is 3.16. The second-order valence-electron chi connectivity index (χ2n) is 5.81. The first-order chi connectivity index (χ1) is 13.1. The first kappa shape index (κ1) is 18.9. The van der Waals surface area contributed by atoms with Crippen molar-refractivity contribution in [3.8, 4) is 11.4 Å². The molecular weight excluding hydrogens is 367 g/mol. The van der Waals surface area contributed by atoms with E-state index in [1.165, 1.54) is 22.7 Å². The normalized spacial score (nSPS) is 10.6. The van der Waals surface area contributed by atoms with Crippen molar-refractivity contribution < 1.29 is 13.9 Å². The third-order valence-corrected chi connectivity index (χ3v) is 4.91. The van der Waals surface area contributed by atoms with Crippen LogP contribution in [0.15, 0.2) is 60.0 Å². The topological polar surface area (TPSA) is 60.2 Å². The second-order valence-corrected chi connectivity index (χ2v) is 6.75. The summed E-state index contributed by atoms with van der Waals surface area (Å²) in [5.74, 6) is 0.502. The number of carbonyl (C=O) groups excluding carboxylic acids is 1. The number of hydrogen-bond acceptors (Lipinski definition) is 5. The Morgan fingerprint density at radius 3 is 2.67 bits per heavy atom. The molecular formula is C19H19FN4O2S. The van der Waals surface area contributed by atoms with Gasteiger partial charge in [-0.2, -0.15) is 0 Å². The van der Waals surface area contributed by atoms with E-state index in [-0.39, 0.29) is 24.0 Å². The molecule has 0 N–H and O–H groups in total. The van der Waals surface area contributed by atoms with Crippen LogP contribution < -0.4 is 4.74 Å².